The molecule has 0 aliphatic rings. The highest BCUT2D eigenvalue weighted by molar-refractivity contribution is 6.05. The first-order valence-electron chi connectivity index (χ1n) is 8.27. The number of ether oxygens (including phenoxy) is 3. The number of methoxy groups -OCH3 is 3. The second kappa shape index (κ2) is 7.99. The maximum Gasteiger partial charge on any atom is 0.255 e. The number of phenols is 1. The van der Waals surface area contributed by atoms with E-state index in [1.807, 2.05) is 13.8 Å². The molecular weight excluding hydrogens is 334 g/mol. The number of aryl methyl sites for hydroxylation is 1. The van der Waals surface area contributed by atoms with Crippen LogP contribution in [0.2, 0.25) is 0 Å². The average Bonchev–Trinajstić information content (AvgIpc) is 2.62. The van der Waals surface area contributed by atoms with Gasteiger partial charge in [0.05, 0.1) is 21.3 Å². The minimum absolute atomic E-state index is 0.136. The van der Waals surface area contributed by atoms with Crippen molar-refractivity contribution in [2.75, 3.05) is 26.6 Å². The number of carbonyl (C=O) groups is 1. The van der Waals surface area contributed by atoms with E-state index in [0.29, 0.717) is 34.1 Å². The van der Waals surface area contributed by atoms with Crippen LogP contribution in [-0.4, -0.2) is 32.3 Å². The van der Waals surface area contributed by atoms with Crippen molar-refractivity contribution in [3.05, 3.63) is 41.0 Å². The van der Waals surface area contributed by atoms with Gasteiger partial charge in [-0.25, -0.2) is 0 Å². The molecule has 140 valence electrons. The van der Waals surface area contributed by atoms with Gasteiger partial charge in [-0.15, -0.1) is 0 Å². The van der Waals surface area contributed by atoms with E-state index in [0.717, 1.165) is 5.56 Å². The SMILES string of the molecule is COc1cc(C(=O)Nc2cc(C)c(O)cc2C(C)C)cc(OC)c1OC. The Morgan fingerprint density at radius 3 is 2.04 bits per heavy atom. The smallest absolute Gasteiger partial charge is 0.255 e. The lowest BCUT2D eigenvalue weighted by atomic mass is 9.98. The van der Waals surface area contributed by atoms with Gasteiger partial charge < -0.3 is 24.6 Å². The second-order valence-electron chi connectivity index (χ2n) is 6.25. The van der Waals surface area contributed by atoms with Crippen molar-refractivity contribution in [1.82, 2.24) is 0 Å². The molecule has 2 aromatic carbocycles. The zero-order valence-electron chi connectivity index (χ0n) is 16.0. The molecular formula is C20H25NO5. The fraction of sp³-hybridized carbons (Fsp3) is 0.350. The van der Waals surface area contributed by atoms with Crippen LogP contribution in [0.15, 0.2) is 24.3 Å². The zero-order chi connectivity index (χ0) is 19.4. The van der Waals surface area contributed by atoms with Crippen molar-refractivity contribution in [3.8, 4) is 23.0 Å². The summed E-state index contributed by atoms with van der Waals surface area (Å²) in [6, 6.07) is 6.64. The molecule has 0 radical (unpaired) electrons. The Hall–Kier alpha value is -2.89. The van der Waals surface area contributed by atoms with E-state index in [-0.39, 0.29) is 17.6 Å². The fourth-order valence-corrected chi connectivity index (χ4v) is 2.71. The van der Waals surface area contributed by atoms with Crippen LogP contribution in [-0.2, 0) is 0 Å². The minimum Gasteiger partial charge on any atom is -0.508 e. The van der Waals surface area contributed by atoms with E-state index >= 15 is 0 Å². The first kappa shape index (κ1) is 19.4. The van der Waals surface area contributed by atoms with Gasteiger partial charge in [-0.2, -0.15) is 0 Å². The summed E-state index contributed by atoms with van der Waals surface area (Å²) >= 11 is 0. The highest BCUT2D eigenvalue weighted by Gasteiger charge is 2.19. The Kier molecular flexibility index (Phi) is 5.97. The third-order valence-corrected chi connectivity index (χ3v) is 4.17. The number of hydrogen-bond acceptors (Lipinski definition) is 5. The first-order chi connectivity index (χ1) is 12.3. The monoisotopic (exact) mass is 359 g/mol. The number of nitrogens with one attached hydrogen (secondary N) is 1. The molecule has 0 atom stereocenters. The van der Waals surface area contributed by atoms with Crippen LogP contribution in [0.3, 0.4) is 0 Å². The van der Waals surface area contributed by atoms with Gasteiger partial charge in [0.15, 0.2) is 11.5 Å². The highest BCUT2D eigenvalue weighted by atomic mass is 16.5. The van der Waals surface area contributed by atoms with E-state index in [2.05, 4.69) is 5.32 Å². The molecule has 26 heavy (non-hydrogen) atoms. The molecule has 0 unspecified atom stereocenters. The Balaban J connectivity index is 2.44. The standard InChI is InChI=1S/C20H25NO5/c1-11(2)14-10-16(22)12(3)7-15(14)21-20(23)13-8-17(24-4)19(26-6)18(9-13)25-5/h7-11,22H,1-6H3,(H,21,23). The molecule has 0 spiro atoms. The van der Waals surface area contributed by atoms with Gasteiger partial charge in [0.25, 0.3) is 5.91 Å². The van der Waals surface area contributed by atoms with Crippen molar-refractivity contribution >= 4 is 11.6 Å². The molecule has 6 nitrogen and oxygen atoms in total. The summed E-state index contributed by atoms with van der Waals surface area (Å²) in [6.07, 6.45) is 0. The lowest BCUT2D eigenvalue weighted by Crippen LogP contribution is -2.14. The Labute approximate surface area is 153 Å². The highest BCUT2D eigenvalue weighted by Crippen LogP contribution is 2.38. The van der Waals surface area contributed by atoms with Gasteiger partial charge in [-0.3, -0.25) is 4.79 Å². The summed E-state index contributed by atoms with van der Waals surface area (Å²) in [6.45, 7) is 5.78. The third-order valence-electron chi connectivity index (χ3n) is 4.17. The molecule has 2 aromatic rings. The van der Waals surface area contributed by atoms with Crippen LogP contribution in [0.5, 0.6) is 23.0 Å². The van der Waals surface area contributed by atoms with Gasteiger partial charge >= 0.3 is 0 Å². The Bertz CT molecular complexity index is 789. The molecule has 2 rings (SSSR count). The molecule has 0 fully saturated rings. The Morgan fingerprint density at radius 1 is 1.00 bits per heavy atom. The van der Waals surface area contributed by atoms with Gasteiger partial charge in [0, 0.05) is 11.3 Å². The number of aromatic hydroxyl groups is 1. The number of anilines is 1. The Morgan fingerprint density at radius 2 is 1.58 bits per heavy atom. The lowest BCUT2D eigenvalue weighted by Gasteiger charge is -2.17. The van der Waals surface area contributed by atoms with Crippen LogP contribution in [0.1, 0.15) is 41.3 Å². The zero-order valence-corrected chi connectivity index (χ0v) is 16.0. The summed E-state index contributed by atoms with van der Waals surface area (Å²) in [5.74, 6) is 1.27. The molecule has 2 N–H and O–H groups in total. The number of amides is 1. The van der Waals surface area contributed by atoms with E-state index in [9.17, 15) is 9.90 Å². The van der Waals surface area contributed by atoms with Crippen molar-refractivity contribution in [1.29, 1.82) is 0 Å². The van der Waals surface area contributed by atoms with Crippen LogP contribution in [0.25, 0.3) is 0 Å². The number of rotatable bonds is 6. The van der Waals surface area contributed by atoms with E-state index in [1.165, 1.54) is 21.3 Å². The van der Waals surface area contributed by atoms with Crippen LogP contribution < -0.4 is 19.5 Å². The first-order valence-corrected chi connectivity index (χ1v) is 8.27. The largest absolute Gasteiger partial charge is 0.508 e. The van der Waals surface area contributed by atoms with Gasteiger partial charge in [-0.1, -0.05) is 13.8 Å². The number of carbonyl (C=O) groups excluding carboxylic acids is 1. The molecule has 0 saturated heterocycles. The van der Waals surface area contributed by atoms with Crippen LogP contribution in [0, 0.1) is 6.92 Å². The topological polar surface area (TPSA) is 77.0 Å². The van der Waals surface area contributed by atoms with E-state index in [1.54, 1.807) is 31.2 Å². The normalized spacial score (nSPS) is 10.6. The molecule has 0 aromatic heterocycles. The summed E-state index contributed by atoms with van der Waals surface area (Å²) in [4.78, 5) is 12.8. The van der Waals surface area contributed by atoms with Gasteiger partial charge in [0.2, 0.25) is 5.75 Å². The summed E-state index contributed by atoms with van der Waals surface area (Å²) in [7, 11) is 4.51. The van der Waals surface area contributed by atoms with Gasteiger partial charge in [-0.05, 0) is 48.2 Å². The van der Waals surface area contributed by atoms with Crippen molar-refractivity contribution < 1.29 is 24.1 Å². The maximum atomic E-state index is 12.8. The summed E-state index contributed by atoms with van der Waals surface area (Å²) in [5, 5.41) is 12.9. The fourth-order valence-electron chi connectivity index (χ4n) is 2.71. The quantitative estimate of drug-likeness (QED) is 0.759. The lowest BCUT2D eigenvalue weighted by molar-refractivity contribution is 0.102. The number of hydrogen-bond donors (Lipinski definition) is 2. The van der Waals surface area contributed by atoms with Crippen molar-refractivity contribution in [2.24, 2.45) is 0 Å². The van der Waals surface area contributed by atoms with E-state index < -0.39 is 0 Å². The second-order valence-corrected chi connectivity index (χ2v) is 6.25. The maximum absolute atomic E-state index is 12.8. The minimum atomic E-state index is -0.309. The molecule has 0 aliphatic carbocycles. The summed E-state index contributed by atoms with van der Waals surface area (Å²) < 4.78 is 15.9. The van der Waals surface area contributed by atoms with Crippen molar-refractivity contribution in [3.63, 3.8) is 0 Å². The molecule has 0 saturated carbocycles. The summed E-state index contributed by atoms with van der Waals surface area (Å²) in [5.41, 5.74) is 2.58. The molecule has 1 amide bonds. The predicted molar refractivity (Wildman–Crippen MR) is 101 cm³/mol. The van der Waals surface area contributed by atoms with Crippen LogP contribution in [0.4, 0.5) is 5.69 Å². The molecule has 0 heterocycles. The number of phenolic OH excluding ortho intramolecular Hbond substituents is 1. The molecule has 0 bridgehead atoms. The third kappa shape index (κ3) is 3.85. The van der Waals surface area contributed by atoms with E-state index in [4.69, 9.17) is 14.2 Å². The number of benzene rings is 2. The molecule has 6 heteroatoms. The molecule has 0 aliphatic heterocycles. The average molecular weight is 359 g/mol. The van der Waals surface area contributed by atoms with Crippen molar-refractivity contribution in [2.45, 2.75) is 26.7 Å². The van der Waals surface area contributed by atoms with Crippen LogP contribution >= 0.6 is 0 Å². The van der Waals surface area contributed by atoms with Gasteiger partial charge in [0.1, 0.15) is 5.75 Å². The predicted octanol–water partition coefficient (Wildman–Crippen LogP) is 4.10.